The number of amides is 2. The first-order chi connectivity index (χ1) is 14.7. The maximum atomic E-state index is 13.5. The summed E-state index contributed by atoms with van der Waals surface area (Å²) in [6, 6.07) is 3.11. The van der Waals surface area contributed by atoms with E-state index in [2.05, 4.69) is 0 Å². The molecule has 2 saturated heterocycles. The third-order valence-corrected chi connectivity index (χ3v) is 9.23. The van der Waals surface area contributed by atoms with E-state index in [0.29, 0.717) is 50.5 Å². The van der Waals surface area contributed by atoms with Crippen molar-refractivity contribution in [3.8, 4) is 0 Å². The van der Waals surface area contributed by atoms with E-state index in [1.54, 1.807) is 4.90 Å². The summed E-state index contributed by atoms with van der Waals surface area (Å²) < 4.78 is 28.5. The Bertz CT molecular complexity index is 956. The van der Waals surface area contributed by atoms with Gasteiger partial charge in [0.15, 0.2) is 0 Å². The van der Waals surface area contributed by atoms with Gasteiger partial charge in [-0.1, -0.05) is 24.1 Å². The average Bonchev–Trinajstić information content (AvgIpc) is 3.16. The number of nitrogens with zero attached hydrogens (tertiary/aromatic N) is 3. The molecule has 3 aliphatic rings. The summed E-state index contributed by atoms with van der Waals surface area (Å²) in [7, 11) is -3.76. The maximum Gasteiger partial charge on any atom is 0.244 e. The van der Waals surface area contributed by atoms with Crippen LogP contribution in [-0.4, -0.2) is 73.1 Å². The Hall–Kier alpha value is -1.93. The van der Waals surface area contributed by atoms with Crippen molar-refractivity contribution in [1.82, 2.24) is 14.1 Å². The minimum atomic E-state index is -3.76. The number of carbonyl (C=O) groups excluding carboxylic acids is 2. The van der Waals surface area contributed by atoms with E-state index in [-0.39, 0.29) is 17.7 Å². The SMILES string of the molecule is Cc1cc(C)c(S(=O)(=O)N2CCCC2C(=O)N2CCN(C(=O)C3CCC3)CC2)c(C)c1. The van der Waals surface area contributed by atoms with Gasteiger partial charge in [0.2, 0.25) is 21.8 Å². The Morgan fingerprint density at radius 3 is 1.87 bits per heavy atom. The molecular formula is C23H33N3O4S. The monoisotopic (exact) mass is 447 g/mol. The highest BCUT2D eigenvalue weighted by molar-refractivity contribution is 7.89. The molecule has 1 aliphatic carbocycles. The van der Waals surface area contributed by atoms with Crippen LogP contribution in [0.2, 0.25) is 0 Å². The quantitative estimate of drug-likeness (QED) is 0.709. The molecule has 0 spiro atoms. The molecule has 7 nitrogen and oxygen atoms in total. The summed E-state index contributed by atoms with van der Waals surface area (Å²) >= 11 is 0. The van der Waals surface area contributed by atoms with Crippen LogP contribution in [-0.2, 0) is 19.6 Å². The lowest BCUT2D eigenvalue weighted by Crippen LogP contribution is -2.56. The number of aryl methyl sites for hydroxylation is 3. The van der Waals surface area contributed by atoms with E-state index in [4.69, 9.17) is 0 Å². The second-order valence-electron chi connectivity index (χ2n) is 9.28. The molecule has 170 valence electrons. The average molecular weight is 448 g/mol. The van der Waals surface area contributed by atoms with Gasteiger partial charge in [0.05, 0.1) is 4.90 Å². The molecule has 8 heteroatoms. The number of sulfonamides is 1. The summed E-state index contributed by atoms with van der Waals surface area (Å²) in [5.74, 6) is 0.256. The van der Waals surface area contributed by atoms with Crippen LogP contribution in [0.15, 0.2) is 17.0 Å². The smallest absolute Gasteiger partial charge is 0.244 e. The van der Waals surface area contributed by atoms with Crippen molar-refractivity contribution in [2.45, 2.75) is 63.8 Å². The predicted molar refractivity (Wildman–Crippen MR) is 118 cm³/mol. The van der Waals surface area contributed by atoms with Gasteiger partial charge in [-0.2, -0.15) is 4.31 Å². The molecule has 31 heavy (non-hydrogen) atoms. The molecule has 0 bridgehead atoms. The second kappa shape index (κ2) is 8.54. The zero-order valence-corrected chi connectivity index (χ0v) is 19.6. The third-order valence-electron chi connectivity index (χ3n) is 7.02. The van der Waals surface area contributed by atoms with Gasteiger partial charge in [0.25, 0.3) is 0 Å². The van der Waals surface area contributed by atoms with Gasteiger partial charge in [-0.15, -0.1) is 0 Å². The highest BCUT2D eigenvalue weighted by Crippen LogP contribution is 2.32. The molecule has 1 saturated carbocycles. The number of piperazine rings is 1. The highest BCUT2D eigenvalue weighted by Gasteiger charge is 2.43. The van der Waals surface area contributed by atoms with E-state index < -0.39 is 16.1 Å². The molecule has 0 aromatic heterocycles. The second-order valence-corrected chi connectivity index (χ2v) is 11.1. The summed E-state index contributed by atoms with van der Waals surface area (Å²) in [5.41, 5.74) is 2.47. The summed E-state index contributed by atoms with van der Waals surface area (Å²) in [6.45, 7) is 7.98. The zero-order chi connectivity index (χ0) is 22.3. The fourth-order valence-corrected chi connectivity index (χ4v) is 7.30. The normalized spacial score (nSPS) is 23.1. The first kappa shape index (κ1) is 22.3. The Morgan fingerprint density at radius 2 is 1.35 bits per heavy atom. The molecule has 2 amide bonds. The van der Waals surface area contributed by atoms with Crippen LogP contribution in [0.1, 0.15) is 48.8 Å². The van der Waals surface area contributed by atoms with Gasteiger partial charge in [0, 0.05) is 38.6 Å². The fraction of sp³-hybridized carbons (Fsp3) is 0.652. The Morgan fingerprint density at radius 1 is 0.806 bits per heavy atom. The van der Waals surface area contributed by atoms with Gasteiger partial charge in [-0.25, -0.2) is 8.42 Å². The van der Waals surface area contributed by atoms with Crippen LogP contribution in [0.5, 0.6) is 0 Å². The van der Waals surface area contributed by atoms with Gasteiger partial charge in [-0.05, 0) is 57.6 Å². The molecule has 1 unspecified atom stereocenters. The number of benzene rings is 1. The zero-order valence-electron chi connectivity index (χ0n) is 18.8. The number of hydrogen-bond donors (Lipinski definition) is 0. The highest BCUT2D eigenvalue weighted by atomic mass is 32.2. The molecule has 2 heterocycles. The van der Waals surface area contributed by atoms with Crippen LogP contribution in [0.25, 0.3) is 0 Å². The van der Waals surface area contributed by atoms with Gasteiger partial charge in [0.1, 0.15) is 6.04 Å². The largest absolute Gasteiger partial charge is 0.339 e. The Labute approximate surface area is 185 Å². The van der Waals surface area contributed by atoms with Crippen LogP contribution < -0.4 is 0 Å². The first-order valence-electron chi connectivity index (χ1n) is 11.4. The standard InChI is InChI=1S/C23H33N3O4S/c1-16-14-17(2)21(18(3)15-16)31(29,30)26-9-5-8-20(26)23(28)25-12-10-24(11-13-25)22(27)19-6-4-7-19/h14-15,19-20H,4-13H2,1-3H3. The maximum absolute atomic E-state index is 13.5. The molecule has 1 aromatic carbocycles. The van der Waals surface area contributed by atoms with E-state index in [1.165, 1.54) is 4.31 Å². The Kier molecular flexibility index (Phi) is 6.14. The lowest BCUT2D eigenvalue weighted by molar-refractivity contribution is -0.145. The third kappa shape index (κ3) is 4.12. The predicted octanol–water partition coefficient (Wildman–Crippen LogP) is 2.24. The van der Waals surface area contributed by atoms with Gasteiger partial charge in [-0.3, -0.25) is 9.59 Å². The van der Waals surface area contributed by atoms with Crippen molar-refractivity contribution in [2.75, 3.05) is 32.7 Å². The molecule has 2 aliphatic heterocycles. The first-order valence-corrected chi connectivity index (χ1v) is 12.8. The van der Waals surface area contributed by atoms with Crippen LogP contribution in [0.3, 0.4) is 0 Å². The lowest BCUT2D eigenvalue weighted by atomic mass is 9.84. The molecule has 0 N–H and O–H groups in total. The van der Waals surface area contributed by atoms with E-state index in [0.717, 1.165) is 36.0 Å². The number of carbonyl (C=O) groups is 2. The number of rotatable bonds is 4. The summed E-state index contributed by atoms with van der Waals surface area (Å²) in [5, 5.41) is 0. The van der Waals surface area contributed by atoms with Crippen LogP contribution in [0, 0.1) is 26.7 Å². The fourth-order valence-electron chi connectivity index (χ4n) is 5.24. The van der Waals surface area contributed by atoms with Gasteiger partial charge >= 0.3 is 0 Å². The topological polar surface area (TPSA) is 78.0 Å². The summed E-state index contributed by atoms with van der Waals surface area (Å²) in [6.07, 6.45) is 4.30. The van der Waals surface area contributed by atoms with Crippen molar-refractivity contribution < 1.29 is 18.0 Å². The van der Waals surface area contributed by atoms with Crippen molar-refractivity contribution in [2.24, 2.45) is 5.92 Å². The van der Waals surface area contributed by atoms with Gasteiger partial charge < -0.3 is 9.80 Å². The van der Waals surface area contributed by atoms with Crippen LogP contribution >= 0.6 is 0 Å². The van der Waals surface area contributed by atoms with E-state index in [1.807, 2.05) is 37.8 Å². The molecule has 0 radical (unpaired) electrons. The van der Waals surface area contributed by atoms with Crippen molar-refractivity contribution in [3.63, 3.8) is 0 Å². The molecular weight excluding hydrogens is 414 g/mol. The van der Waals surface area contributed by atoms with E-state index >= 15 is 0 Å². The lowest BCUT2D eigenvalue weighted by Gasteiger charge is -2.39. The van der Waals surface area contributed by atoms with Crippen molar-refractivity contribution in [3.05, 3.63) is 28.8 Å². The molecule has 4 rings (SSSR count). The minimum absolute atomic E-state index is 0.126. The summed E-state index contributed by atoms with van der Waals surface area (Å²) in [4.78, 5) is 29.7. The van der Waals surface area contributed by atoms with Crippen molar-refractivity contribution in [1.29, 1.82) is 0 Å². The van der Waals surface area contributed by atoms with Crippen molar-refractivity contribution >= 4 is 21.8 Å². The molecule has 1 aromatic rings. The van der Waals surface area contributed by atoms with E-state index in [9.17, 15) is 18.0 Å². The Balaban J connectivity index is 1.47. The molecule has 1 atom stereocenters. The van der Waals surface area contributed by atoms with Crippen LogP contribution in [0.4, 0.5) is 0 Å². The minimum Gasteiger partial charge on any atom is -0.339 e. The number of hydrogen-bond acceptors (Lipinski definition) is 4. The molecule has 3 fully saturated rings.